The Kier molecular flexibility index (Phi) is 5.80. The third kappa shape index (κ3) is 4.62. The van der Waals surface area contributed by atoms with Gasteiger partial charge in [0.15, 0.2) is 0 Å². The molecule has 0 aromatic heterocycles. The number of aliphatic hydroxyl groups excluding tert-OH is 1. The zero-order chi connectivity index (χ0) is 16.1. The van der Waals surface area contributed by atoms with Gasteiger partial charge in [-0.05, 0) is 17.5 Å². The van der Waals surface area contributed by atoms with Gasteiger partial charge in [0.05, 0.1) is 0 Å². The minimum absolute atomic E-state index is 0.0701. The Morgan fingerprint density at radius 1 is 1.22 bits per heavy atom. The Morgan fingerprint density at radius 2 is 1.96 bits per heavy atom. The van der Waals surface area contributed by atoms with Crippen LogP contribution in [0, 0.1) is 0 Å². The molecule has 2 heterocycles. The van der Waals surface area contributed by atoms with Crippen molar-refractivity contribution in [2.24, 2.45) is 0 Å². The van der Waals surface area contributed by atoms with Crippen molar-refractivity contribution in [2.75, 3.05) is 44.3 Å². The van der Waals surface area contributed by atoms with Crippen molar-refractivity contribution in [2.45, 2.75) is 19.1 Å². The number of fused-ring (bicyclic) bond motifs is 1. The largest absolute Gasteiger partial charge is 0.447 e. The first-order valence-corrected chi connectivity index (χ1v) is 9.34. The summed E-state index contributed by atoms with van der Waals surface area (Å²) in [5.41, 5.74) is 2.72. The molecule has 0 spiro atoms. The molecule has 1 amide bonds. The Bertz CT molecular complexity index is 534. The van der Waals surface area contributed by atoms with Crippen LogP contribution in [-0.4, -0.2) is 71.4 Å². The van der Waals surface area contributed by atoms with Crippen LogP contribution in [0.15, 0.2) is 24.3 Å². The van der Waals surface area contributed by atoms with E-state index in [0.717, 1.165) is 44.1 Å². The van der Waals surface area contributed by atoms with E-state index in [2.05, 4.69) is 29.2 Å². The summed E-state index contributed by atoms with van der Waals surface area (Å²) in [6.45, 7) is 3.87. The van der Waals surface area contributed by atoms with E-state index in [-0.39, 0.29) is 12.7 Å². The molecular formula is C17H24N2O3S. The molecule has 2 aliphatic heterocycles. The second-order valence-electron chi connectivity index (χ2n) is 6.08. The highest BCUT2D eigenvalue weighted by molar-refractivity contribution is 7.99. The summed E-state index contributed by atoms with van der Waals surface area (Å²) in [5, 5.41) is 10.2. The average Bonchev–Trinajstić information content (AvgIpc) is 2.60. The number of carbonyl (C=O) groups is 1. The van der Waals surface area contributed by atoms with E-state index in [0.29, 0.717) is 6.54 Å². The number of hydrogen-bond donors (Lipinski definition) is 1. The molecule has 126 valence electrons. The van der Waals surface area contributed by atoms with Crippen LogP contribution in [0.3, 0.4) is 0 Å². The highest BCUT2D eigenvalue weighted by atomic mass is 32.2. The number of carbonyl (C=O) groups excluding carboxylic acids is 1. The third-order valence-corrected chi connectivity index (χ3v) is 5.29. The molecule has 1 atom stereocenters. The van der Waals surface area contributed by atoms with Crippen LogP contribution in [0.1, 0.15) is 11.1 Å². The first-order chi connectivity index (χ1) is 11.2. The molecule has 0 bridgehead atoms. The Labute approximate surface area is 141 Å². The second-order valence-corrected chi connectivity index (χ2v) is 7.31. The summed E-state index contributed by atoms with van der Waals surface area (Å²) in [6, 6.07) is 8.43. The summed E-state index contributed by atoms with van der Waals surface area (Å²) < 4.78 is 5.26. The fourth-order valence-corrected chi connectivity index (χ4v) is 3.97. The van der Waals surface area contributed by atoms with Gasteiger partial charge in [0.2, 0.25) is 0 Å². The first-order valence-electron chi connectivity index (χ1n) is 8.19. The van der Waals surface area contributed by atoms with Gasteiger partial charge in [-0.3, -0.25) is 4.90 Å². The average molecular weight is 336 g/mol. The van der Waals surface area contributed by atoms with Crippen LogP contribution in [-0.2, 0) is 17.7 Å². The van der Waals surface area contributed by atoms with Crippen molar-refractivity contribution in [1.82, 2.24) is 9.80 Å². The Hall–Kier alpha value is -1.24. The van der Waals surface area contributed by atoms with E-state index >= 15 is 0 Å². The number of thioether (sulfide) groups is 1. The van der Waals surface area contributed by atoms with Crippen LogP contribution in [0.4, 0.5) is 4.79 Å². The summed E-state index contributed by atoms with van der Waals surface area (Å²) in [6.07, 6.45) is 0.0745. The molecule has 3 rings (SSSR count). The van der Waals surface area contributed by atoms with Crippen molar-refractivity contribution in [3.63, 3.8) is 0 Å². The molecule has 6 heteroatoms. The van der Waals surface area contributed by atoms with Crippen molar-refractivity contribution in [3.8, 4) is 0 Å². The van der Waals surface area contributed by atoms with Gasteiger partial charge in [-0.1, -0.05) is 24.3 Å². The van der Waals surface area contributed by atoms with Crippen LogP contribution in [0.25, 0.3) is 0 Å². The van der Waals surface area contributed by atoms with Crippen molar-refractivity contribution >= 4 is 17.9 Å². The minimum Gasteiger partial charge on any atom is -0.447 e. The molecule has 1 aromatic rings. The van der Waals surface area contributed by atoms with Gasteiger partial charge in [-0.2, -0.15) is 11.8 Å². The fraction of sp³-hybridized carbons (Fsp3) is 0.588. The standard InChI is InChI=1S/C17H24N2O3S/c20-16(13-22-17(21)19-7-9-23-10-8-19)12-18-6-5-14-3-1-2-4-15(14)11-18/h1-4,16,20H,5-13H2. The summed E-state index contributed by atoms with van der Waals surface area (Å²) in [7, 11) is 0. The molecule has 0 radical (unpaired) electrons. The predicted molar refractivity (Wildman–Crippen MR) is 91.7 cm³/mol. The predicted octanol–water partition coefficient (Wildman–Crippen LogP) is 1.59. The highest BCUT2D eigenvalue weighted by Gasteiger charge is 2.21. The molecule has 1 saturated heterocycles. The van der Waals surface area contributed by atoms with Crippen molar-refractivity contribution in [1.29, 1.82) is 0 Å². The van der Waals surface area contributed by atoms with Gasteiger partial charge in [0.25, 0.3) is 0 Å². The van der Waals surface area contributed by atoms with Gasteiger partial charge >= 0.3 is 6.09 Å². The summed E-state index contributed by atoms with van der Waals surface area (Å²) in [5.74, 6) is 1.93. The molecule has 1 N–H and O–H groups in total. The van der Waals surface area contributed by atoms with Crippen LogP contribution in [0.2, 0.25) is 0 Å². The molecular weight excluding hydrogens is 312 g/mol. The molecule has 1 aromatic carbocycles. The van der Waals surface area contributed by atoms with Gasteiger partial charge in [0, 0.05) is 44.2 Å². The van der Waals surface area contributed by atoms with Crippen LogP contribution < -0.4 is 0 Å². The van der Waals surface area contributed by atoms with E-state index in [1.54, 1.807) is 4.90 Å². The van der Waals surface area contributed by atoms with Gasteiger partial charge in [-0.25, -0.2) is 4.79 Å². The number of nitrogens with zero attached hydrogens (tertiary/aromatic N) is 2. The maximum atomic E-state index is 11.9. The van der Waals surface area contributed by atoms with Crippen LogP contribution >= 0.6 is 11.8 Å². The quantitative estimate of drug-likeness (QED) is 0.905. The molecule has 0 aliphatic carbocycles. The smallest absolute Gasteiger partial charge is 0.409 e. The molecule has 2 aliphatic rings. The second kappa shape index (κ2) is 8.04. The number of aliphatic hydroxyl groups is 1. The van der Waals surface area contributed by atoms with E-state index in [9.17, 15) is 9.90 Å². The zero-order valence-corrected chi connectivity index (χ0v) is 14.1. The number of β-amino-alcohol motifs (C(OH)–C–C–N with tert-alkyl or cyclic N) is 1. The monoisotopic (exact) mass is 336 g/mol. The van der Waals surface area contributed by atoms with Crippen molar-refractivity contribution < 1.29 is 14.6 Å². The fourth-order valence-electron chi connectivity index (χ4n) is 3.07. The molecule has 0 saturated carbocycles. The number of amides is 1. The lowest BCUT2D eigenvalue weighted by molar-refractivity contribution is 0.0283. The SMILES string of the molecule is O=C(OCC(O)CN1CCc2ccccc2C1)N1CCSCC1. The number of rotatable bonds is 4. The molecule has 1 unspecified atom stereocenters. The maximum absolute atomic E-state index is 11.9. The third-order valence-electron chi connectivity index (χ3n) is 4.35. The van der Waals surface area contributed by atoms with E-state index in [4.69, 9.17) is 4.74 Å². The van der Waals surface area contributed by atoms with E-state index in [1.165, 1.54) is 11.1 Å². The lowest BCUT2D eigenvalue weighted by Gasteiger charge is -2.30. The molecule has 1 fully saturated rings. The van der Waals surface area contributed by atoms with Crippen molar-refractivity contribution in [3.05, 3.63) is 35.4 Å². The summed E-state index contributed by atoms with van der Waals surface area (Å²) in [4.78, 5) is 15.9. The molecule has 23 heavy (non-hydrogen) atoms. The minimum atomic E-state index is -0.636. The van der Waals surface area contributed by atoms with E-state index < -0.39 is 6.10 Å². The topological polar surface area (TPSA) is 53.0 Å². The number of benzene rings is 1. The maximum Gasteiger partial charge on any atom is 0.409 e. The van der Waals surface area contributed by atoms with Gasteiger partial charge in [-0.15, -0.1) is 0 Å². The number of ether oxygens (including phenoxy) is 1. The Morgan fingerprint density at radius 3 is 2.74 bits per heavy atom. The lowest BCUT2D eigenvalue weighted by Crippen LogP contribution is -2.41. The summed E-state index contributed by atoms with van der Waals surface area (Å²) >= 11 is 1.85. The highest BCUT2D eigenvalue weighted by Crippen LogP contribution is 2.18. The lowest BCUT2D eigenvalue weighted by atomic mass is 10.00. The first kappa shape index (κ1) is 16.6. The van der Waals surface area contributed by atoms with E-state index in [1.807, 2.05) is 11.8 Å². The Balaban J connectivity index is 1.41. The molecule has 5 nitrogen and oxygen atoms in total. The number of hydrogen-bond acceptors (Lipinski definition) is 5. The van der Waals surface area contributed by atoms with Gasteiger partial charge < -0.3 is 14.7 Å². The zero-order valence-electron chi connectivity index (χ0n) is 13.3. The normalized spacial score (nSPS) is 20.0. The van der Waals surface area contributed by atoms with Gasteiger partial charge in [0.1, 0.15) is 12.7 Å². The van der Waals surface area contributed by atoms with Crippen LogP contribution in [0.5, 0.6) is 0 Å².